The zero-order chi connectivity index (χ0) is 36.4. The zero-order valence-electron chi connectivity index (χ0n) is 27.6. The molecule has 3 heterocycles. The van der Waals surface area contributed by atoms with Crippen molar-refractivity contribution >= 4 is 28.1 Å². The molecule has 0 bridgehead atoms. The summed E-state index contributed by atoms with van der Waals surface area (Å²) in [6.45, 7) is 4.41. The molecule has 1 atom stereocenters. The summed E-state index contributed by atoms with van der Waals surface area (Å²) in [5.41, 5.74) is 0.312. The largest absolute Gasteiger partial charge is 0.456 e. The molecule has 0 fully saturated rings. The Morgan fingerprint density at radius 3 is 2.10 bits per heavy atom. The van der Waals surface area contributed by atoms with E-state index in [0.717, 1.165) is 39.8 Å². The van der Waals surface area contributed by atoms with Crippen LogP contribution in [0.25, 0.3) is 21.9 Å². The number of alkyl halides is 6. The lowest BCUT2D eigenvalue weighted by molar-refractivity contribution is -0.143. The van der Waals surface area contributed by atoms with Crippen molar-refractivity contribution < 1.29 is 40.6 Å². The Kier molecular flexibility index (Phi) is 6.57. The Morgan fingerprint density at radius 1 is 0.654 bits per heavy atom. The first-order chi connectivity index (χ1) is 24.6. The average Bonchev–Trinajstić information content (AvgIpc) is 3.56. The Hall–Kier alpha value is -5.77. The van der Waals surface area contributed by atoms with E-state index in [0.29, 0.717) is 40.3 Å². The van der Waals surface area contributed by atoms with E-state index in [9.17, 15) is 31.1 Å². The van der Waals surface area contributed by atoms with Gasteiger partial charge < -0.3 is 14.4 Å². The monoisotopic (exact) mass is 707 g/mol. The maximum atomic E-state index is 13.7. The van der Waals surface area contributed by atoms with Gasteiger partial charge in [0.05, 0.1) is 16.7 Å². The SMILES string of the molecule is CC1(C)CN(c2ccc3c(c2)Oc2c(ccc4ccccc24)C32OC(=O)c3ccccc32)c2ccc(-c3cc(C(F)(F)F)cc(C(F)(F)F)c3)cc21. The quantitative estimate of drug-likeness (QED) is 0.133. The van der Waals surface area contributed by atoms with Crippen LogP contribution in [0, 0.1) is 0 Å². The Balaban J connectivity index is 1.18. The zero-order valence-corrected chi connectivity index (χ0v) is 27.6. The lowest BCUT2D eigenvalue weighted by Crippen LogP contribution is -2.33. The van der Waals surface area contributed by atoms with E-state index in [-0.39, 0.29) is 17.2 Å². The van der Waals surface area contributed by atoms with Gasteiger partial charge in [0.15, 0.2) is 5.60 Å². The fourth-order valence-corrected chi connectivity index (χ4v) is 7.97. The highest BCUT2D eigenvalue weighted by atomic mass is 19.4. The van der Waals surface area contributed by atoms with Crippen LogP contribution in [0.4, 0.5) is 37.7 Å². The highest BCUT2D eigenvalue weighted by Crippen LogP contribution is 2.58. The number of nitrogens with zero attached hydrogens (tertiary/aromatic N) is 1. The van der Waals surface area contributed by atoms with Crippen LogP contribution in [0.15, 0.2) is 115 Å². The van der Waals surface area contributed by atoms with Crippen LogP contribution in [0.3, 0.4) is 0 Å². The van der Waals surface area contributed by atoms with Crippen molar-refractivity contribution in [3.05, 3.63) is 154 Å². The molecule has 10 heteroatoms. The fraction of sp³-hybridized carbons (Fsp3) is 0.167. The predicted molar refractivity (Wildman–Crippen MR) is 184 cm³/mol. The third-order valence-corrected chi connectivity index (χ3v) is 10.4. The molecule has 0 N–H and O–H groups in total. The summed E-state index contributed by atoms with van der Waals surface area (Å²) < 4.78 is 95.2. The highest BCUT2D eigenvalue weighted by molar-refractivity contribution is 5.99. The molecule has 0 saturated carbocycles. The van der Waals surface area contributed by atoms with Crippen molar-refractivity contribution in [1.82, 2.24) is 0 Å². The van der Waals surface area contributed by atoms with Gasteiger partial charge in [-0.3, -0.25) is 0 Å². The van der Waals surface area contributed by atoms with E-state index < -0.39 is 40.5 Å². The molecular weight excluding hydrogens is 680 g/mol. The van der Waals surface area contributed by atoms with Crippen molar-refractivity contribution in [3.8, 4) is 22.6 Å². The van der Waals surface area contributed by atoms with Gasteiger partial charge in [-0.2, -0.15) is 26.3 Å². The lowest BCUT2D eigenvalue weighted by Gasteiger charge is -2.37. The van der Waals surface area contributed by atoms with Crippen molar-refractivity contribution in [3.63, 3.8) is 0 Å². The average molecular weight is 708 g/mol. The topological polar surface area (TPSA) is 38.8 Å². The molecule has 0 saturated heterocycles. The molecule has 0 radical (unpaired) electrons. The molecule has 3 aliphatic heterocycles. The number of hydrogen-bond donors (Lipinski definition) is 0. The van der Waals surface area contributed by atoms with Gasteiger partial charge in [-0.1, -0.05) is 68.4 Å². The van der Waals surface area contributed by atoms with Crippen LogP contribution in [0.2, 0.25) is 0 Å². The smallest absolute Gasteiger partial charge is 0.416 e. The molecule has 1 spiro atoms. The molecule has 0 aromatic heterocycles. The molecule has 9 rings (SSSR count). The second-order valence-corrected chi connectivity index (χ2v) is 14.1. The first-order valence-electron chi connectivity index (χ1n) is 16.5. The summed E-state index contributed by atoms with van der Waals surface area (Å²) in [6.07, 6.45) is -9.91. The minimum Gasteiger partial charge on any atom is -0.456 e. The van der Waals surface area contributed by atoms with E-state index in [4.69, 9.17) is 9.47 Å². The number of anilines is 2. The minimum absolute atomic E-state index is 0.136. The number of rotatable bonds is 2. The van der Waals surface area contributed by atoms with Crippen LogP contribution < -0.4 is 9.64 Å². The Labute approximate surface area is 293 Å². The van der Waals surface area contributed by atoms with Crippen LogP contribution in [0.1, 0.15) is 57.6 Å². The molecule has 260 valence electrons. The lowest BCUT2D eigenvalue weighted by atomic mass is 9.77. The first-order valence-corrected chi connectivity index (χ1v) is 16.5. The number of benzene rings is 6. The first kappa shape index (κ1) is 32.2. The second-order valence-electron chi connectivity index (χ2n) is 14.1. The minimum atomic E-state index is -4.96. The van der Waals surface area contributed by atoms with Crippen LogP contribution in [-0.2, 0) is 28.1 Å². The standard InChI is InChI=1S/C42H27F6NO3/c1-39(2)22-49(35-16-12-24(19-34(35)39)25-17-26(41(43,44)45)20-27(18-25)42(46,47)48)28-13-15-32-36(21-28)51-37-29-8-4-3-7-23(29)11-14-33(37)40(32)31-10-6-5-9-30(31)38(50)52-40/h3-21H,22H2,1-2H3. The summed E-state index contributed by atoms with van der Waals surface area (Å²) >= 11 is 0. The number of fused-ring (bicyclic) bond motifs is 9. The molecule has 4 nitrogen and oxygen atoms in total. The third-order valence-electron chi connectivity index (χ3n) is 10.4. The number of ether oxygens (including phenoxy) is 2. The fourth-order valence-electron chi connectivity index (χ4n) is 7.97. The number of hydrogen-bond acceptors (Lipinski definition) is 4. The molecule has 1 unspecified atom stereocenters. The molecule has 6 aromatic carbocycles. The maximum Gasteiger partial charge on any atom is 0.416 e. The van der Waals surface area contributed by atoms with E-state index in [1.54, 1.807) is 30.3 Å². The predicted octanol–water partition coefficient (Wildman–Crippen LogP) is 11.5. The van der Waals surface area contributed by atoms with Crippen LogP contribution in [-0.4, -0.2) is 12.5 Å². The molecule has 0 aliphatic carbocycles. The van der Waals surface area contributed by atoms with Crippen molar-refractivity contribution in [1.29, 1.82) is 0 Å². The van der Waals surface area contributed by atoms with Gasteiger partial charge in [0.1, 0.15) is 11.5 Å². The van der Waals surface area contributed by atoms with Crippen LogP contribution >= 0.6 is 0 Å². The van der Waals surface area contributed by atoms with Gasteiger partial charge in [0.25, 0.3) is 0 Å². The maximum absolute atomic E-state index is 13.7. The van der Waals surface area contributed by atoms with Gasteiger partial charge in [0.2, 0.25) is 0 Å². The molecule has 6 aromatic rings. The number of carbonyl (C=O) groups excluding carboxylic acids is 1. The summed E-state index contributed by atoms with van der Waals surface area (Å²) in [4.78, 5) is 15.4. The van der Waals surface area contributed by atoms with Crippen molar-refractivity contribution in [2.75, 3.05) is 11.4 Å². The molecular formula is C42H27F6NO3. The van der Waals surface area contributed by atoms with Gasteiger partial charge >= 0.3 is 18.3 Å². The van der Waals surface area contributed by atoms with Crippen LogP contribution in [0.5, 0.6) is 11.5 Å². The van der Waals surface area contributed by atoms with Gasteiger partial charge in [0, 0.05) is 51.5 Å². The number of halogens is 6. The second kappa shape index (κ2) is 10.6. The number of carbonyl (C=O) groups is 1. The van der Waals surface area contributed by atoms with E-state index in [1.807, 2.05) is 80.6 Å². The van der Waals surface area contributed by atoms with Gasteiger partial charge in [-0.15, -0.1) is 0 Å². The highest BCUT2D eigenvalue weighted by Gasteiger charge is 2.54. The summed E-state index contributed by atoms with van der Waals surface area (Å²) in [5.74, 6) is 0.608. The van der Waals surface area contributed by atoms with Crippen molar-refractivity contribution in [2.24, 2.45) is 0 Å². The van der Waals surface area contributed by atoms with Crippen molar-refractivity contribution in [2.45, 2.75) is 37.2 Å². The summed E-state index contributed by atoms with van der Waals surface area (Å²) in [6, 6.07) is 31.3. The van der Waals surface area contributed by atoms with E-state index in [2.05, 4.69) is 4.90 Å². The molecule has 0 amide bonds. The molecule has 3 aliphatic rings. The number of esters is 1. The van der Waals surface area contributed by atoms with Gasteiger partial charge in [-0.25, -0.2) is 4.79 Å². The normalized spacial score (nSPS) is 18.5. The Morgan fingerprint density at radius 2 is 1.35 bits per heavy atom. The third kappa shape index (κ3) is 4.66. The Bertz CT molecular complexity index is 2470. The summed E-state index contributed by atoms with van der Waals surface area (Å²) in [7, 11) is 0. The van der Waals surface area contributed by atoms with E-state index in [1.165, 1.54) is 0 Å². The van der Waals surface area contributed by atoms with Gasteiger partial charge in [-0.05, 0) is 76.7 Å². The van der Waals surface area contributed by atoms with E-state index >= 15 is 0 Å². The molecule has 52 heavy (non-hydrogen) atoms. The summed E-state index contributed by atoms with van der Waals surface area (Å²) in [5, 5.41) is 1.79.